The van der Waals surface area contributed by atoms with Gasteiger partial charge < -0.3 is 4.90 Å². The van der Waals surface area contributed by atoms with Gasteiger partial charge in [0.15, 0.2) is 11.5 Å². The Morgan fingerprint density at radius 1 is 1.08 bits per heavy atom. The Morgan fingerprint density at radius 2 is 1.96 bits per heavy atom. The van der Waals surface area contributed by atoms with Crippen molar-refractivity contribution in [2.24, 2.45) is 0 Å². The molecule has 8 heteroatoms. The van der Waals surface area contributed by atoms with E-state index < -0.39 is 0 Å². The monoisotopic (exact) mass is 355 g/mol. The van der Waals surface area contributed by atoms with Crippen molar-refractivity contribution in [1.29, 1.82) is 0 Å². The summed E-state index contributed by atoms with van der Waals surface area (Å²) in [6, 6.07) is 4.10. The molecule has 2 saturated heterocycles. The highest BCUT2D eigenvalue weighted by atomic mass is 32.1. The van der Waals surface area contributed by atoms with Crippen LogP contribution in [0.5, 0.6) is 0 Å². The van der Waals surface area contributed by atoms with Crippen molar-refractivity contribution >= 4 is 23.0 Å². The van der Waals surface area contributed by atoms with Crippen LogP contribution in [0.2, 0.25) is 0 Å². The second kappa shape index (κ2) is 6.34. The number of hydrogen-bond acceptors (Lipinski definition) is 7. The van der Waals surface area contributed by atoms with E-state index in [1.807, 2.05) is 16.8 Å². The SMILES string of the molecule is c1nscc1CN1CCC(c2nnc3ccc(N4CCC4)nn23)CC1. The summed E-state index contributed by atoms with van der Waals surface area (Å²) in [7, 11) is 0. The van der Waals surface area contributed by atoms with Crippen LogP contribution >= 0.6 is 11.5 Å². The number of likely N-dealkylation sites (tertiary alicyclic amines) is 1. The van der Waals surface area contributed by atoms with Gasteiger partial charge in [0.2, 0.25) is 0 Å². The third-order valence-electron chi connectivity index (χ3n) is 5.30. The van der Waals surface area contributed by atoms with Crippen LogP contribution in [0.15, 0.2) is 23.7 Å². The summed E-state index contributed by atoms with van der Waals surface area (Å²) in [6.07, 6.45) is 5.44. The van der Waals surface area contributed by atoms with Crippen LogP contribution in [0.3, 0.4) is 0 Å². The van der Waals surface area contributed by atoms with E-state index >= 15 is 0 Å². The first-order valence-corrected chi connectivity index (χ1v) is 9.78. The molecule has 0 saturated carbocycles. The highest BCUT2D eigenvalue weighted by molar-refractivity contribution is 7.03. The minimum Gasteiger partial charge on any atom is -0.355 e. The number of aromatic nitrogens is 5. The van der Waals surface area contributed by atoms with Gasteiger partial charge in [-0.1, -0.05) is 0 Å². The fourth-order valence-electron chi connectivity index (χ4n) is 3.68. The normalized spacial score (nSPS) is 19.4. The van der Waals surface area contributed by atoms with Crippen LogP contribution in [0.1, 0.15) is 36.6 Å². The molecule has 0 amide bonds. The van der Waals surface area contributed by atoms with Crippen LogP contribution in [0, 0.1) is 0 Å². The van der Waals surface area contributed by atoms with Crippen molar-refractivity contribution in [3.05, 3.63) is 35.1 Å². The largest absolute Gasteiger partial charge is 0.355 e. The molecule has 2 fully saturated rings. The van der Waals surface area contributed by atoms with E-state index in [2.05, 4.69) is 35.8 Å². The number of nitrogens with zero attached hydrogens (tertiary/aromatic N) is 7. The molecule has 0 N–H and O–H groups in total. The smallest absolute Gasteiger partial charge is 0.178 e. The van der Waals surface area contributed by atoms with Crippen LogP contribution in [-0.4, -0.2) is 55.3 Å². The van der Waals surface area contributed by atoms with E-state index in [4.69, 9.17) is 5.10 Å². The molecule has 5 heterocycles. The van der Waals surface area contributed by atoms with Crippen LogP contribution in [-0.2, 0) is 6.54 Å². The predicted octanol–water partition coefficient (Wildman–Crippen LogP) is 2.17. The molecule has 0 unspecified atom stereocenters. The van der Waals surface area contributed by atoms with Gasteiger partial charge in [0, 0.05) is 37.1 Å². The van der Waals surface area contributed by atoms with Crippen LogP contribution in [0.4, 0.5) is 5.82 Å². The van der Waals surface area contributed by atoms with Crippen molar-refractivity contribution in [2.45, 2.75) is 31.7 Å². The Kier molecular flexibility index (Phi) is 3.86. The van der Waals surface area contributed by atoms with E-state index in [9.17, 15) is 0 Å². The summed E-state index contributed by atoms with van der Waals surface area (Å²) >= 11 is 1.53. The number of fused-ring (bicyclic) bond motifs is 1. The predicted molar refractivity (Wildman–Crippen MR) is 97.0 cm³/mol. The standard InChI is InChI=1S/C17H21N7S/c1-6-23(7-1)16-3-2-15-19-20-17(24(15)21-16)14-4-8-22(9-5-14)11-13-10-18-25-12-13/h2-3,10,12,14H,1,4-9,11H2. The maximum absolute atomic E-state index is 4.81. The summed E-state index contributed by atoms with van der Waals surface area (Å²) < 4.78 is 6.16. The Bertz CT molecular complexity index is 847. The zero-order valence-corrected chi connectivity index (χ0v) is 14.9. The molecular weight excluding hydrogens is 334 g/mol. The average molecular weight is 355 g/mol. The molecule has 25 heavy (non-hydrogen) atoms. The van der Waals surface area contributed by atoms with Gasteiger partial charge in [0.05, 0.1) is 0 Å². The van der Waals surface area contributed by atoms with E-state index in [-0.39, 0.29) is 0 Å². The lowest BCUT2D eigenvalue weighted by atomic mass is 9.96. The fourth-order valence-corrected chi connectivity index (χ4v) is 4.20. The van der Waals surface area contributed by atoms with Gasteiger partial charge in [0.25, 0.3) is 0 Å². The minimum absolute atomic E-state index is 0.436. The third kappa shape index (κ3) is 2.89. The molecule has 0 aromatic carbocycles. The van der Waals surface area contributed by atoms with Crippen molar-refractivity contribution in [3.8, 4) is 0 Å². The maximum Gasteiger partial charge on any atom is 0.178 e. The number of hydrogen-bond donors (Lipinski definition) is 0. The molecule has 0 radical (unpaired) electrons. The third-order valence-corrected chi connectivity index (χ3v) is 5.93. The minimum atomic E-state index is 0.436. The summed E-state index contributed by atoms with van der Waals surface area (Å²) in [5.41, 5.74) is 2.17. The topological polar surface area (TPSA) is 62.5 Å². The van der Waals surface area contributed by atoms with Gasteiger partial charge in [-0.05, 0) is 61.6 Å². The molecular formula is C17H21N7S. The van der Waals surface area contributed by atoms with Crippen molar-refractivity contribution in [2.75, 3.05) is 31.1 Å². The van der Waals surface area contributed by atoms with Gasteiger partial charge in [0.1, 0.15) is 5.82 Å². The number of anilines is 1. The summed E-state index contributed by atoms with van der Waals surface area (Å²) in [4.78, 5) is 4.81. The molecule has 130 valence electrons. The lowest BCUT2D eigenvalue weighted by Crippen LogP contribution is -2.38. The van der Waals surface area contributed by atoms with Crippen LogP contribution < -0.4 is 4.90 Å². The molecule has 3 aromatic rings. The second-order valence-corrected chi connectivity index (χ2v) is 7.60. The second-order valence-electron chi connectivity index (χ2n) is 6.94. The molecule has 7 nitrogen and oxygen atoms in total. The lowest BCUT2D eigenvalue weighted by Gasteiger charge is -2.32. The van der Waals surface area contributed by atoms with E-state index in [1.54, 1.807) is 0 Å². The fraction of sp³-hybridized carbons (Fsp3) is 0.529. The van der Waals surface area contributed by atoms with Gasteiger partial charge >= 0.3 is 0 Å². The Labute approximate surface area is 150 Å². The summed E-state index contributed by atoms with van der Waals surface area (Å²) in [5.74, 6) is 2.50. The van der Waals surface area contributed by atoms with Gasteiger partial charge in [-0.2, -0.15) is 4.52 Å². The molecule has 2 aliphatic rings. The zero-order valence-electron chi connectivity index (χ0n) is 14.1. The number of piperidine rings is 1. The van der Waals surface area contributed by atoms with E-state index in [1.165, 1.54) is 23.5 Å². The zero-order chi connectivity index (χ0) is 16.6. The molecule has 0 atom stereocenters. The molecule has 0 spiro atoms. The van der Waals surface area contributed by atoms with Gasteiger partial charge in [-0.3, -0.25) is 4.90 Å². The number of rotatable bonds is 4. The quantitative estimate of drug-likeness (QED) is 0.715. The van der Waals surface area contributed by atoms with Gasteiger partial charge in [-0.15, -0.1) is 15.3 Å². The Hall–Kier alpha value is -2.06. The van der Waals surface area contributed by atoms with Crippen molar-refractivity contribution < 1.29 is 0 Å². The molecule has 5 rings (SSSR count). The summed E-state index contributed by atoms with van der Waals surface area (Å²) in [6.45, 7) is 5.38. The molecule has 3 aromatic heterocycles. The summed E-state index contributed by atoms with van der Waals surface area (Å²) in [5, 5.41) is 15.7. The molecule has 0 aliphatic carbocycles. The Balaban J connectivity index is 1.32. The lowest BCUT2D eigenvalue weighted by molar-refractivity contribution is 0.201. The van der Waals surface area contributed by atoms with E-state index in [0.717, 1.165) is 62.9 Å². The first kappa shape index (κ1) is 15.2. The van der Waals surface area contributed by atoms with Crippen molar-refractivity contribution in [1.82, 2.24) is 29.1 Å². The highest BCUT2D eigenvalue weighted by Gasteiger charge is 2.26. The van der Waals surface area contributed by atoms with Crippen LogP contribution in [0.25, 0.3) is 5.65 Å². The average Bonchev–Trinajstić information content (AvgIpc) is 3.23. The Morgan fingerprint density at radius 3 is 2.68 bits per heavy atom. The highest BCUT2D eigenvalue weighted by Crippen LogP contribution is 2.28. The molecule has 2 aliphatic heterocycles. The molecule has 0 bridgehead atoms. The maximum atomic E-state index is 4.81. The van der Waals surface area contributed by atoms with E-state index in [0.29, 0.717) is 5.92 Å². The first-order chi connectivity index (χ1) is 12.4. The van der Waals surface area contributed by atoms with Gasteiger partial charge in [-0.25, -0.2) is 4.37 Å². The van der Waals surface area contributed by atoms with Crippen molar-refractivity contribution in [3.63, 3.8) is 0 Å². The first-order valence-electron chi connectivity index (χ1n) is 8.95.